The molecule has 0 radical (unpaired) electrons. The molecule has 1 heterocycles. The van der Waals surface area contributed by atoms with Gasteiger partial charge in [0, 0.05) is 6.54 Å². The van der Waals surface area contributed by atoms with E-state index >= 15 is 0 Å². The molecule has 0 aromatic heterocycles. The summed E-state index contributed by atoms with van der Waals surface area (Å²) in [7, 11) is 0. The summed E-state index contributed by atoms with van der Waals surface area (Å²) in [6.45, 7) is 13.9. The Morgan fingerprint density at radius 2 is 2.07 bits per heavy atom. The molecule has 90 valence electrons. The van der Waals surface area contributed by atoms with E-state index in [4.69, 9.17) is 5.73 Å². The van der Waals surface area contributed by atoms with Crippen molar-refractivity contribution >= 4 is 0 Å². The molecule has 2 heteroatoms. The Morgan fingerprint density at radius 3 is 2.60 bits per heavy atom. The molecule has 1 unspecified atom stereocenters. The normalized spacial score (nSPS) is 27.2. The molecule has 1 aliphatic heterocycles. The second kappa shape index (κ2) is 5.31. The van der Waals surface area contributed by atoms with E-state index in [-0.39, 0.29) is 0 Å². The molecule has 0 aromatic rings. The van der Waals surface area contributed by atoms with Crippen molar-refractivity contribution in [3.05, 3.63) is 0 Å². The fourth-order valence-electron chi connectivity index (χ4n) is 2.34. The van der Waals surface area contributed by atoms with Gasteiger partial charge in [0.1, 0.15) is 0 Å². The Balaban J connectivity index is 2.39. The lowest BCUT2D eigenvalue weighted by Gasteiger charge is -2.43. The second-order valence-electron chi connectivity index (χ2n) is 6.15. The third-order valence-corrected chi connectivity index (χ3v) is 3.96. The largest absolute Gasteiger partial charge is 0.330 e. The first-order valence-electron chi connectivity index (χ1n) is 6.38. The van der Waals surface area contributed by atoms with E-state index in [0.29, 0.717) is 11.3 Å². The molecule has 1 atom stereocenters. The Bertz CT molecular complexity index is 185. The molecule has 0 spiro atoms. The molecule has 2 N–H and O–H groups in total. The van der Waals surface area contributed by atoms with Gasteiger partial charge in [0.05, 0.1) is 0 Å². The molecule has 0 saturated carbocycles. The SMILES string of the molecule is CC(C)CCN1CCC(C)(C)C(CN)C1. The highest BCUT2D eigenvalue weighted by Crippen LogP contribution is 2.34. The van der Waals surface area contributed by atoms with Crippen LogP contribution in [0.5, 0.6) is 0 Å². The quantitative estimate of drug-likeness (QED) is 0.775. The average molecular weight is 212 g/mol. The topological polar surface area (TPSA) is 29.3 Å². The van der Waals surface area contributed by atoms with Crippen LogP contribution in [0.4, 0.5) is 0 Å². The van der Waals surface area contributed by atoms with Crippen molar-refractivity contribution in [1.29, 1.82) is 0 Å². The van der Waals surface area contributed by atoms with E-state index in [0.717, 1.165) is 12.5 Å². The second-order valence-corrected chi connectivity index (χ2v) is 6.15. The summed E-state index contributed by atoms with van der Waals surface area (Å²) >= 11 is 0. The Kier molecular flexibility index (Phi) is 4.60. The highest BCUT2D eigenvalue weighted by molar-refractivity contribution is 4.87. The zero-order valence-electron chi connectivity index (χ0n) is 10.9. The predicted octanol–water partition coefficient (Wildman–Crippen LogP) is 2.34. The molecule has 1 aliphatic rings. The molecule has 1 rings (SSSR count). The highest BCUT2D eigenvalue weighted by Gasteiger charge is 2.34. The van der Waals surface area contributed by atoms with Crippen molar-refractivity contribution in [3.63, 3.8) is 0 Å². The minimum absolute atomic E-state index is 0.448. The monoisotopic (exact) mass is 212 g/mol. The van der Waals surface area contributed by atoms with Crippen LogP contribution in [-0.2, 0) is 0 Å². The predicted molar refractivity (Wildman–Crippen MR) is 66.8 cm³/mol. The minimum atomic E-state index is 0.448. The van der Waals surface area contributed by atoms with Gasteiger partial charge in [0.2, 0.25) is 0 Å². The van der Waals surface area contributed by atoms with Crippen LogP contribution in [0.1, 0.15) is 40.5 Å². The maximum Gasteiger partial charge on any atom is 0.00268 e. The Labute approximate surface area is 95.2 Å². The minimum Gasteiger partial charge on any atom is -0.330 e. The van der Waals surface area contributed by atoms with Gasteiger partial charge >= 0.3 is 0 Å². The number of nitrogens with two attached hydrogens (primary N) is 1. The zero-order valence-corrected chi connectivity index (χ0v) is 10.9. The molecular formula is C13H28N2. The van der Waals surface area contributed by atoms with E-state index in [1.807, 2.05) is 0 Å². The van der Waals surface area contributed by atoms with Gasteiger partial charge in [-0.1, -0.05) is 27.7 Å². The first-order chi connectivity index (χ1) is 6.95. The lowest BCUT2D eigenvalue weighted by molar-refractivity contribution is 0.0625. The summed E-state index contributed by atoms with van der Waals surface area (Å²) in [6, 6.07) is 0. The summed E-state index contributed by atoms with van der Waals surface area (Å²) in [5.41, 5.74) is 6.32. The number of nitrogens with zero attached hydrogens (tertiary/aromatic N) is 1. The smallest absolute Gasteiger partial charge is 0.00268 e. The molecular weight excluding hydrogens is 184 g/mol. The van der Waals surface area contributed by atoms with Gasteiger partial charge in [-0.05, 0) is 49.7 Å². The van der Waals surface area contributed by atoms with Crippen LogP contribution in [0, 0.1) is 17.3 Å². The molecule has 0 bridgehead atoms. The average Bonchev–Trinajstić information content (AvgIpc) is 2.15. The van der Waals surface area contributed by atoms with Gasteiger partial charge in [-0.3, -0.25) is 0 Å². The van der Waals surface area contributed by atoms with Crippen LogP contribution in [-0.4, -0.2) is 31.1 Å². The number of piperidine rings is 1. The van der Waals surface area contributed by atoms with Crippen LogP contribution >= 0.6 is 0 Å². The lowest BCUT2D eigenvalue weighted by atomic mass is 9.73. The summed E-state index contributed by atoms with van der Waals surface area (Å²) in [6.07, 6.45) is 2.62. The van der Waals surface area contributed by atoms with E-state index in [9.17, 15) is 0 Å². The van der Waals surface area contributed by atoms with Crippen molar-refractivity contribution in [1.82, 2.24) is 4.90 Å². The molecule has 2 nitrogen and oxygen atoms in total. The van der Waals surface area contributed by atoms with E-state index < -0.39 is 0 Å². The number of rotatable bonds is 4. The van der Waals surface area contributed by atoms with E-state index in [1.54, 1.807) is 0 Å². The van der Waals surface area contributed by atoms with Crippen LogP contribution in [0.25, 0.3) is 0 Å². The van der Waals surface area contributed by atoms with Gasteiger partial charge in [0.25, 0.3) is 0 Å². The molecule has 0 aromatic carbocycles. The summed E-state index contributed by atoms with van der Waals surface area (Å²) < 4.78 is 0. The maximum absolute atomic E-state index is 5.87. The molecule has 1 fully saturated rings. The van der Waals surface area contributed by atoms with E-state index in [2.05, 4.69) is 32.6 Å². The van der Waals surface area contributed by atoms with Gasteiger partial charge < -0.3 is 10.6 Å². The molecule has 1 saturated heterocycles. The van der Waals surface area contributed by atoms with Gasteiger partial charge in [-0.2, -0.15) is 0 Å². The zero-order chi connectivity index (χ0) is 11.5. The number of hydrogen-bond donors (Lipinski definition) is 1. The standard InChI is InChI=1S/C13H28N2/c1-11(2)5-7-15-8-6-13(3,4)12(9-14)10-15/h11-12H,5-10,14H2,1-4H3. The first kappa shape index (κ1) is 13.0. The highest BCUT2D eigenvalue weighted by atomic mass is 15.1. The first-order valence-corrected chi connectivity index (χ1v) is 6.38. The number of likely N-dealkylation sites (tertiary alicyclic amines) is 1. The van der Waals surface area contributed by atoms with Gasteiger partial charge in [0.15, 0.2) is 0 Å². The Morgan fingerprint density at radius 1 is 1.40 bits per heavy atom. The van der Waals surface area contributed by atoms with Crippen molar-refractivity contribution in [3.8, 4) is 0 Å². The summed E-state index contributed by atoms with van der Waals surface area (Å²) in [4.78, 5) is 2.60. The number of hydrogen-bond acceptors (Lipinski definition) is 2. The fourth-order valence-corrected chi connectivity index (χ4v) is 2.34. The van der Waals surface area contributed by atoms with Crippen molar-refractivity contribution in [2.24, 2.45) is 23.0 Å². The molecule has 0 amide bonds. The summed E-state index contributed by atoms with van der Waals surface area (Å²) in [5, 5.41) is 0. The van der Waals surface area contributed by atoms with Crippen molar-refractivity contribution < 1.29 is 0 Å². The van der Waals surface area contributed by atoms with Crippen LogP contribution in [0.2, 0.25) is 0 Å². The van der Waals surface area contributed by atoms with Crippen LogP contribution in [0.3, 0.4) is 0 Å². The Hall–Kier alpha value is -0.0800. The third-order valence-electron chi connectivity index (χ3n) is 3.96. The van der Waals surface area contributed by atoms with Gasteiger partial charge in [-0.25, -0.2) is 0 Å². The fraction of sp³-hybridized carbons (Fsp3) is 1.00. The molecule has 0 aliphatic carbocycles. The van der Waals surface area contributed by atoms with Crippen LogP contribution < -0.4 is 5.73 Å². The maximum atomic E-state index is 5.87. The lowest BCUT2D eigenvalue weighted by Crippen LogP contribution is -2.47. The van der Waals surface area contributed by atoms with Crippen molar-refractivity contribution in [2.75, 3.05) is 26.2 Å². The molecule has 15 heavy (non-hydrogen) atoms. The third kappa shape index (κ3) is 3.76. The van der Waals surface area contributed by atoms with E-state index in [1.165, 1.54) is 32.5 Å². The van der Waals surface area contributed by atoms with Crippen molar-refractivity contribution in [2.45, 2.75) is 40.5 Å². The van der Waals surface area contributed by atoms with Gasteiger partial charge in [-0.15, -0.1) is 0 Å². The van der Waals surface area contributed by atoms with Crippen LogP contribution in [0.15, 0.2) is 0 Å². The summed E-state index contributed by atoms with van der Waals surface area (Å²) in [5.74, 6) is 1.50.